The lowest BCUT2D eigenvalue weighted by molar-refractivity contribution is -0.266. The van der Waals surface area contributed by atoms with Crippen LogP contribution in [0.4, 0.5) is 0 Å². The smallest absolute Gasteiger partial charge is 0.181 e. The maximum Gasteiger partial charge on any atom is 0.181 e. The van der Waals surface area contributed by atoms with Crippen molar-refractivity contribution in [1.82, 2.24) is 15.0 Å². The summed E-state index contributed by atoms with van der Waals surface area (Å²) in [5.41, 5.74) is -0.572. The first-order chi connectivity index (χ1) is 11.3. The standard InChI is InChI=1S/C15H23N3O6/c1-8(19)4-2-3-5-9-7-18(17-16-9)14-12(22)11(21)13(23)15(24-14)6-10(15)20/h7,10-14,20-23H,2-6H2,1H3/t10-,11-,12-,13-,14?,15?/m1/s1. The number of hydrogen-bond donors (Lipinski definition) is 4. The fraction of sp³-hybridized carbons (Fsp3) is 0.800. The molecule has 2 unspecified atom stereocenters. The van der Waals surface area contributed by atoms with Crippen molar-refractivity contribution in [3.8, 4) is 0 Å². The molecule has 1 aromatic rings. The van der Waals surface area contributed by atoms with E-state index in [4.69, 9.17) is 4.74 Å². The van der Waals surface area contributed by atoms with Crippen molar-refractivity contribution in [2.45, 2.75) is 75.3 Å². The summed E-state index contributed by atoms with van der Waals surface area (Å²) in [5.74, 6) is 0.151. The van der Waals surface area contributed by atoms with Crippen LogP contribution >= 0.6 is 0 Å². The largest absolute Gasteiger partial charge is 0.390 e. The van der Waals surface area contributed by atoms with E-state index in [-0.39, 0.29) is 12.2 Å². The number of hydrogen-bond acceptors (Lipinski definition) is 8. The lowest BCUT2D eigenvalue weighted by Crippen LogP contribution is -2.58. The van der Waals surface area contributed by atoms with Gasteiger partial charge in [-0.15, -0.1) is 5.10 Å². The van der Waals surface area contributed by atoms with E-state index in [1.54, 1.807) is 13.1 Å². The number of ketones is 1. The van der Waals surface area contributed by atoms with Crippen molar-refractivity contribution >= 4 is 5.78 Å². The summed E-state index contributed by atoms with van der Waals surface area (Å²) in [6.45, 7) is 1.56. The van der Waals surface area contributed by atoms with Crippen molar-refractivity contribution in [2.24, 2.45) is 0 Å². The predicted octanol–water partition coefficient (Wildman–Crippen LogP) is -1.31. The van der Waals surface area contributed by atoms with Gasteiger partial charge in [-0.2, -0.15) is 0 Å². The summed E-state index contributed by atoms with van der Waals surface area (Å²) >= 11 is 0. The van der Waals surface area contributed by atoms with Gasteiger partial charge in [-0.3, -0.25) is 0 Å². The van der Waals surface area contributed by atoms with Gasteiger partial charge in [0.05, 0.1) is 18.0 Å². The fourth-order valence-corrected chi connectivity index (χ4v) is 3.14. The molecule has 0 radical (unpaired) electrons. The van der Waals surface area contributed by atoms with Crippen LogP contribution in [0.5, 0.6) is 0 Å². The zero-order valence-electron chi connectivity index (χ0n) is 13.4. The highest BCUT2D eigenvalue weighted by Crippen LogP contribution is 2.50. The number of aliphatic hydroxyl groups excluding tert-OH is 4. The normalized spacial score (nSPS) is 38.5. The van der Waals surface area contributed by atoms with E-state index in [1.807, 2.05) is 0 Å². The molecule has 0 amide bonds. The number of ether oxygens (including phenoxy) is 1. The molecule has 3 rings (SSSR count). The van der Waals surface area contributed by atoms with Gasteiger partial charge in [-0.25, -0.2) is 4.68 Å². The third-order valence-corrected chi connectivity index (χ3v) is 4.75. The molecule has 4 N–H and O–H groups in total. The van der Waals surface area contributed by atoms with E-state index in [0.29, 0.717) is 18.5 Å². The van der Waals surface area contributed by atoms with Crippen molar-refractivity contribution in [3.63, 3.8) is 0 Å². The number of aryl methyl sites for hydroxylation is 1. The van der Waals surface area contributed by atoms with Gasteiger partial charge >= 0.3 is 0 Å². The number of carbonyl (C=O) groups excluding carboxylic acids is 1. The van der Waals surface area contributed by atoms with E-state index in [9.17, 15) is 25.2 Å². The molecule has 2 heterocycles. The SMILES string of the molecule is CC(=O)CCCCc1cn(C2OC3(C[C@H]3O)[C@H](O)[C@H](O)[C@H]2O)nn1. The Kier molecular flexibility index (Phi) is 4.71. The summed E-state index contributed by atoms with van der Waals surface area (Å²) in [7, 11) is 0. The molecule has 1 aliphatic carbocycles. The molecule has 9 heteroatoms. The van der Waals surface area contributed by atoms with E-state index in [2.05, 4.69) is 10.3 Å². The maximum atomic E-state index is 10.9. The number of aromatic nitrogens is 3. The second-order valence-corrected chi connectivity index (χ2v) is 6.71. The van der Waals surface area contributed by atoms with Crippen LogP contribution in [0.25, 0.3) is 0 Å². The highest BCUT2D eigenvalue weighted by molar-refractivity contribution is 5.75. The number of unbranched alkanes of at least 4 members (excludes halogenated alkanes) is 1. The zero-order chi connectivity index (χ0) is 17.5. The van der Waals surface area contributed by atoms with Crippen LogP contribution in [0.2, 0.25) is 0 Å². The average molecular weight is 341 g/mol. The van der Waals surface area contributed by atoms with Crippen LogP contribution in [-0.2, 0) is 16.0 Å². The highest BCUT2D eigenvalue weighted by Gasteiger charge is 2.67. The molecule has 1 spiro atoms. The minimum atomic E-state index is -1.44. The van der Waals surface area contributed by atoms with Crippen LogP contribution in [0, 0.1) is 0 Å². The molecular weight excluding hydrogens is 318 g/mol. The molecule has 24 heavy (non-hydrogen) atoms. The van der Waals surface area contributed by atoms with E-state index < -0.39 is 36.2 Å². The zero-order valence-corrected chi connectivity index (χ0v) is 13.4. The van der Waals surface area contributed by atoms with E-state index in [1.165, 1.54) is 4.68 Å². The summed E-state index contributed by atoms with van der Waals surface area (Å²) in [4.78, 5) is 10.9. The third-order valence-electron chi connectivity index (χ3n) is 4.75. The second kappa shape index (κ2) is 6.49. The topological polar surface area (TPSA) is 138 Å². The minimum Gasteiger partial charge on any atom is -0.390 e. The third kappa shape index (κ3) is 3.09. The van der Waals surface area contributed by atoms with Crippen LogP contribution in [-0.4, -0.2) is 71.2 Å². The molecule has 0 bridgehead atoms. The Hall–Kier alpha value is -1.39. The van der Waals surface area contributed by atoms with Gasteiger partial charge in [0.2, 0.25) is 0 Å². The van der Waals surface area contributed by atoms with Crippen molar-refractivity contribution < 1.29 is 30.0 Å². The van der Waals surface area contributed by atoms with Gasteiger partial charge in [-0.1, -0.05) is 5.21 Å². The Morgan fingerprint density at radius 2 is 2.04 bits per heavy atom. The molecule has 1 saturated carbocycles. The lowest BCUT2D eigenvalue weighted by atomic mass is 9.96. The molecule has 1 aromatic heterocycles. The quantitative estimate of drug-likeness (QED) is 0.468. The molecular formula is C15H23N3O6. The van der Waals surface area contributed by atoms with E-state index >= 15 is 0 Å². The summed E-state index contributed by atoms with van der Waals surface area (Å²) in [5, 5.41) is 47.8. The molecule has 2 aliphatic rings. The van der Waals surface area contributed by atoms with Gasteiger partial charge in [-0.05, 0) is 26.2 Å². The maximum absolute atomic E-state index is 10.9. The van der Waals surface area contributed by atoms with Crippen LogP contribution in [0.3, 0.4) is 0 Å². The van der Waals surface area contributed by atoms with Crippen LogP contribution < -0.4 is 0 Å². The first kappa shape index (κ1) is 17.4. The van der Waals surface area contributed by atoms with Gasteiger partial charge in [0.25, 0.3) is 0 Å². The molecule has 134 valence electrons. The van der Waals surface area contributed by atoms with Gasteiger partial charge in [0.1, 0.15) is 29.7 Å². The Labute approximate surface area is 138 Å². The Bertz CT molecular complexity index is 608. The Balaban J connectivity index is 1.64. The van der Waals surface area contributed by atoms with Gasteiger partial charge in [0, 0.05) is 12.8 Å². The number of Topliss-reactive ketones (excluding diaryl/α,β-unsaturated/α-hetero) is 1. The predicted molar refractivity (Wildman–Crippen MR) is 79.8 cm³/mol. The highest BCUT2D eigenvalue weighted by atomic mass is 16.6. The molecule has 0 aromatic carbocycles. The Morgan fingerprint density at radius 3 is 2.67 bits per heavy atom. The molecule has 1 saturated heterocycles. The Morgan fingerprint density at radius 1 is 1.33 bits per heavy atom. The first-order valence-electron chi connectivity index (χ1n) is 8.15. The summed E-state index contributed by atoms with van der Waals surface area (Å²) in [6, 6.07) is 0. The number of rotatable bonds is 6. The fourth-order valence-electron chi connectivity index (χ4n) is 3.14. The van der Waals surface area contributed by atoms with Crippen molar-refractivity contribution in [2.75, 3.05) is 0 Å². The number of aliphatic hydroxyl groups is 4. The van der Waals surface area contributed by atoms with Crippen LogP contribution in [0.15, 0.2) is 6.20 Å². The summed E-state index contributed by atoms with van der Waals surface area (Å²) < 4.78 is 6.95. The monoisotopic (exact) mass is 341 g/mol. The number of carbonyl (C=O) groups is 1. The lowest BCUT2D eigenvalue weighted by Gasteiger charge is -2.40. The van der Waals surface area contributed by atoms with Gasteiger partial charge < -0.3 is 30.0 Å². The van der Waals surface area contributed by atoms with Crippen molar-refractivity contribution in [3.05, 3.63) is 11.9 Å². The first-order valence-corrected chi connectivity index (χ1v) is 8.15. The summed E-state index contributed by atoms with van der Waals surface area (Å²) in [6.07, 6.45) is -1.57. The van der Waals surface area contributed by atoms with Crippen LogP contribution in [0.1, 0.15) is 44.5 Å². The second-order valence-electron chi connectivity index (χ2n) is 6.71. The van der Waals surface area contributed by atoms with Gasteiger partial charge in [0.15, 0.2) is 6.23 Å². The molecule has 9 nitrogen and oxygen atoms in total. The number of nitrogens with zero attached hydrogens (tertiary/aromatic N) is 3. The average Bonchev–Trinajstić information content (AvgIpc) is 2.95. The molecule has 2 fully saturated rings. The molecule has 6 atom stereocenters. The van der Waals surface area contributed by atoms with Crippen molar-refractivity contribution in [1.29, 1.82) is 0 Å². The van der Waals surface area contributed by atoms with E-state index in [0.717, 1.165) is 12.8 Å². The molecule has 1 aliphatic heterocycles. The minimum absolute atomic E-state index is 0.151.